The Morgan fingerprint density at radius 3 is 2.61 bits per heavy atom. The van der Waals surface area contributed by atoms with Crippen LogP contribution in [0.1, 0.15) is 43.4 Å². The Hall–Kier alpha value is -1.07. The predicted octanol–water partition coefficient (Wildman–Crippen LogP) is 1.90. The molecule has 3 N–H and O–H groups in total. The van der Waals surface area contributed by atoms with E-state index < -0.39 is 5.54 Å². The van der Waals surface area contributed by atoms with E-state index in [-0.39, 0.29) is 18.3 Å². The van der Waals surface area contributed by atoms with Crippen molar-refractivity contribution >= 4 is 18.3 Å². The van der Waals surface area contributed by atoms with Crippen molar-refractivity contribution in [2.45, 2.75) is 39.7 Å². The molecule has 0 aliphatic heterocycles. The molecule has 1 amide bonds. The first-order chi connectivity index (χ1) is 7.86. The number of amides is 1. The van der Waals surface area contributed by atoms with Gasteiger partial charge in [0, 0.05) is 12.6 Å². The third-order valence-corrected chi connectivity index (χ3v) is 2.59. The zero-order valence-electron chi connectivity index (χ0n) is 11.3. The van der Waals surface area contributed by atoms with Crippen LogP contribution in [-0.2, 0) is 0 Å². The molecule has 1 atom stereocenters. The molecule has 0 spiro atoms. The first-order valence-corrected chi connectivity index (χ1v) is 5.82. The molecule has 5 nitrogen and oxygen atoms in total. The Kier molecular flexibility index (Phi) is 6.35. The summed E-state index contributed by atoms with van der Waals surface area (Å²) in [7, 11) is 0. The van der Waals surface area contributed by atoms with E-state index in [2.05, 4.69) is 24.3 Å². The number of carbonyl (C=O) groups is 1. The number of aryl methyl sites for hydroxylation is 1. The van der Waals surface area contributed by atoms with Gasteiger partial charge in [-0.25, -0.2) is 0 Å². The van der Waals surface area contributed by atoms with Crippen LogP contribution in [0.3, 0.4) is 0 Å². The molecular formula is C12H22ClN3O2. The van der Waals surface area contributed by atoms with E-state index >= 15 is 0 Å². The summed E-state index contributed by atoms with van der Waals surface area (Å²) < 4.78 is 4.87. The molecule has 1 aromatic rings. The summed E-state index contributed by atoms with van der Waals surface area (Å²) in [5.74, 6) is 0.840. The molecule has 1 rings (SSSR count). The van der Waals surface area contributed by atoms with Gasteiger partial charge in [0.25, 0.3) is 5.91 Å². The molecule has 18 heavy (non-hydrogen) atoms. The molecule has 0 saturated heterocycles. The smallest absolute Gasteiger partial charge is 0.273 e. The zero-order valence-corrected chi connectivity index (χ0v) is 12.1. The first-order valence-electron chi connectivity index (χ1n) is 5.82. The number of aromatic nitrogens is 1. The standard InChI is InChI=1S/C12H21N3O2.ClH/c1-8(2)6-12(4,7-13)14-11(16)10-5-9(3)17-15-10;/h5,8H,6-7,13H2,1-4H3,(H,14,16);1H. The number of nitrogens with zero attached hydrogens (tertiary/aromatic N) is 1. The average Bonchev–Trinajstić information content (AvgIpc) is 2.63. The molecule has 0 radical (unpaired) electrons. The van der Waals surface area contributed by atoms with Crippen LogP contribution in [0, 0.1) is 12.8 Å². The number of hydrogen-bond acceptors (Lipinski definition) is 4. The first kappa shape index (κ1) is 16.9. The number of nitrogens with one attached hydrogen (secondary N) is 1. The minimum absolute atomic E-state index is 0. The Morgan fingerprint density at radius 1 is 1.61 bits per heavy atom. The van der Waals surface area contributed by atoms with E-state index in [0.717, 1.165) is 6.42 Å². The molecule has 104 valence electrons. The molecule has 0 saturated carbocycles. The fraction of sp³-hybridized carbons (Fsp3) is 0.667. The molecule has 6 heteroatoms. The summed E-state index contributed by atoms with van der Waals surface area (Å²) in [5.41, 5.74) is 5.62. The number of rotatable bonds is 5. The second-order valence-corrected chi connectivity index (χ2v) is 5.14. The Morgan fingerprint density at radius 2 is 2.22 bits per heavy atom. The highest BCUT2D eigenvalue weighted by Gasteiger charge is 2.27. The van der Waals surface area contributed by atoms with Crippen molar-refractivity contribution in [2.75, 3.05) is 6.54 Å². The maximum atomic E-state index is 11.9. The minimum Gasteiger partial charge on any atom is -0.361 e. The van der Waals surface area contributed by atoms with Crippen molar-refractivity contribution in [3.8, 4) is 0 Å². The summed E-state index contributed by atoms with van der Waals surface area (Å²) in [6, 6.07) is 1.61. The van der Waals surface area contributed by atoms with Crippen LogP contribution in [-0.4, -0.2) is 23.1 Å². The van der Waals surface area contributed by atoms with E-state index in [1.165, 1.54) is 0 Å². The van der Waals surface area contributed by atoms with Crippen molar-refractivity contribution < 1.29 is 9.32 Å². The Labute approximate surface area is 114 Å². The monoisotopic (exact) mass is 275 g/mol. The van der Waals surface area contributed by atoms with Crippen LogP contribution in [0.4, 0.5) is 0 Å². The van der Waals surface area contributed by atoms with Crippen molar-refractivity contribution in [3.63, 3.8) is 0 Å². The second kappa shape index (κ2) is 6.75. The predicted molar refractivity (Wildman–Crippen MR) is 72.9 cm³/mol. The highest BCUT2D eigenvalue weighted by Crippen LogP contribution is 2.16. The zero-order chi connectivity index (χ0) is 13.1. The van der Waals surface area contributed by atoms with Crippen LogP contribution in [0.5, 0.6) is 0 Å². The summed E-state index contributed by atoms with van der Waals surface area (Å²) in [5, 5.41) is 6.60. The van der Waals surface area contributed by atoms with Gasteiger partial charge in [-0.3, -0.25) is 4.79 Å². The second-order valence-electron chi connectivity index (χ2n) is 5.14. The summed E-state index contributed by atoms with van der Waals surface area (Å²) in [6.07, 6.45) is 0.825. The van der Waals surface area contributed by atoms with E-state index in [1.54, 1.807) is 13.0 Å². The molecule has 0 aliphatic rings. The van der Waals surface area contributed by atoms with Crippen molar-refractivity contribution in [2.24, 2.45) is 11.7 Å². The van der Waals surface area contributed by atoms with Gasteiger partial charge in [-0.05, 0) is 26.2 Å². The summed E-state index contributed by atoms with van der Waals surface area (Å²) >= 11 is 0. The van der Waals surface area contributed by atoms with E-state index in [9.17, 15) is 4.79 Å². The summed E-state index contributed by atoms with van der Waals surface area (Å²) in [4.78, 5) is 11.9. The lowest BCUT2D eigenvalue weighted by Crippen LogP contribution is -2.52. The highest BCUT2D eigenvalue weighted by molar-refractivity contribution is 5.92. The Balaban J connectivity index is 0.00000289. The van der Waals surface area contributed by atoms with Crippen LogP contribution in [0.2, 0.25) is 0 Å². The lowest BCUT2D eigenvalue weighted by molar-refractivity contribution is 0.0889. The van der Waals surface area contributed by atoms with E-state index in [0.29, 0.717) is 23.9 Å². The van der Waals surface area contributed by atoms with Gasteiger partial charge >= 0.3 is 0 Å². The van der Waals surface area contributed by atoms with Crippen molar-refractivity contribution in [1.82, 2.24) is 10.5 Å². The molecule has 1 aromatic heterocycles. The largest absolute Gasteiger partial charge is 0.361 e. The van der Waals surface area contributed by atoms with Gasteiger partial charge in [-0.2, -0.15) is 0 Å². The molecular weight excluding hydrogens is 254 g/mol. The van der Waals surface area contributed by atoms with Crippen LogP contribution < -0.4 is 11.1 Å². The van der Waals surface area contributed by atoms with Gasteiger partial charge in [0.1, 0.15) is 5.76 Å². The van der Waals surface area contributed by atoms with Crippen molar-refractivity contribution in [1.29, 1.82) is 0 Å². The third kappa shape index (κ3) is 4.66. The Bertz CT molecular complexity index is 392. The van der Waals surface area contributed by atoms with Gasteiger partial charge in [-0.1, -0.05) is 19.0 Å². The van der Waals surface area contributed by atoms with Gasteiger partial charge in [0.2, 0.25) is 0 Å². The van der Waals surface area contributed by atoms with Gasteiger partial charge < -0.3 is 15.6 Å². The fourth-order valence-electron chi connectivity index (χ4n) is 1.90. The van der Waals surface area contributed by atoms with Crippen molar-refractivity contribution in [3.05, 3.63) is 17.5 Å². The molecule has 0 bridgehead atoms. The maximum Gasteiger partial charge on any atom is 0.273 e. The quantitative estimate of drug-likeness (QED) is 0.860. The lowest BCUT2D eigenvalue weighted by atomic mass is 9.90. The molecule has 0 fully saturated rings. The molecule has 1 unspecified atom stereocenters. The number of halogens is 1. The fourth-order valence-corrected chi connectivity index (χ4v) is 1.90. The average molecular weight is 276 g/mol. The maximum absolute atomic E-state index is 11.9. The van der Waals surface area contributed by atoms with Gasteiger partial charge in [0.05, 0.1) is 5.54 Å². The third-order valence-electron chi connectivity index (χ3n) is 2.59. The van der Waals surface area contributed by atoms with E-state index in [1.807, 2.05) is 6.92 Å². The van der Waals surface area contributed by atoms with Crippen LogP contribution in [0.25, 0.3) is 0 Å². The minimum atomic E-state index is -0.405. The van der Waals surface area contributed by atoms with Gasteiger partial charge in [-0.15, -0.1) is 12.4 Å². The number of nitrogens with two attached hydrogens (primary N) is 1. The number of carbonyl (C=O) groups excluding carboxylic acids is 1. The van der Waals surface area contributed by atoms with Gasteiger partial charge in [0.15, 0.2) is 5.69 Å². The summed E-state index contributed by atoms with van der Waals surface area (Å²) in [6.45, 7) is 8.28. The normalized spacial score (nSPS) is 13.9. The van der Waals surface area contributed by atoms with E-state index in [4.69, 9.17) is 10.3 Å². The molecule has 0 aromatic carbocycles. The molecule has 1 heterocycles. The van der Waals surface area contributed by atoms with Crippen LogP contribution in [0.15, 0.2) is 10.6 Å². The van der Waals surface area contributed by atoms with Crippen LogP contribution >= 0.6 is 12.4 Å². The molecule has 0 aliphatic carbocycles. The SMILES string of the molecule is Cc1cc(C(=O)NC(C)(CN)CC(C)C)no1.Cl. The highest BCUT2D eigenvalue weighted by atomic mass is 35.5. The lowest BCUT2D eigenvalue weighted by Gasteiger charge is -2.30. The topological polar surface area (TPSA) is 81.2 Å². The number of hydrogen-bond donors (Lipinski definition) is 2.